The molecule has 2 heterocycles. The lowest BCUT2D eigenvalue weighted by molar-refractivity contribution is 0.354. The molecule has 3 rings (SSSR count). The van der Waals surface area contributed by atoms with E-state index in [-0.39, 0.29) is 11.2 Å². The Balaban J connectivity index is 2.20. The average molecular weight is 384 g/mol. The van der Waals surface area contributed by atoms with Gasteiger partial charge in [-0.2, -0.15) is 0 Å². The summed E-state index contributed by atoms with van der Waals surface area (Å²) >= 11 is 0. The first-order chi connectivity index (χ1) is 13.5. The quantitative estimate of drug-likeness (QED) is 0.650. The Bertz CT molecular complexity index is 1170. The van der Waals surface area contributed by atoms with E-state index in [9.17, 15) is 9.59 Å². The number of para-hydroxylation sites is 1. The molecule has 0 aliphatic carbocycles. The number of imidazole rings is 1. The third kappa shape index (κ3) is 3.00. The van der Waals surface area contributed by atoms with Crippen molar-refractivity contribution in [3.05, 3.63) is 50.4 Å². The molecular formula is C20H24N4O4. The lowest BCUT2D eigenvalue weighted by Crippen LogP contribution is -2.39. The van der Waals surface area contributed by atoms with E-state index in [1.54, 1.807) is 38.8 Å². The van der Waals surface area contributed by atoms with Crippen molar-refractivity contribution in [3.8, 4) is 11.5 Å². The predicted molar refractivity (Wildman–Crippen MR) is 109 cm³/mol. The van der Waals surface area contributed by atoms with Gasteiger partial charge in [0.2, 0.25) is 0 Å². The SMILES string of the molecule is CCn1c(=O)c2c(nc(C=Cc3cccc(OC)c3OC)n2C)n(CC)c1=O. The van der Waals surface area contributed by atoms with Gasteiger partial charge in [-0.3, -0.25) is 13.9 Å². The highest BCUT2D eigenvalue weighted by Gasteiger charge is 2.18. The Morgan fingerprint density at radius 1 is 1.04 bits per heavy atom. The molecule has 8 heteroatoms. The fourth-order valence-electron chi connectivity index (χ4n) is 3.30. The highest BCUT2D eigenvalue weighted by atomic mass is 16.5. The molecule has 0 unspecified atom stereocenters. The van der Waals surface area contributed by atoms with Crippen LogP contribution in [0, 0.1) is 0 Å². The van der Waals surface area contributed by atoms with Crippen LogP contribution in [-0.2, 0) is 20.1 Å². The van der Waals surface area contributed by atoms with Crippen molar-refractivity contribution in [3.63, 3.8) is 0 Å². The Morgan fingerprint density at radius 3 is 2.36 bits per heavy atom. The van der Waals surface area contributed by atoms with E-state index in [1.165, 1.54) is 9.13 Å². The number of hydrogen-bond donors (Lipinski definition) is 0. The Labute approximate surface area is 162 Å². The number of nitrogens with zero attached hydrogens (tertiary/aromatic N) is 4. The average Bonchev–Trinajstić information content (AvgIpc) is 3.02. The van der Waals surface area contributed by atoms with E-state index >= 15 is 0 Å². The molecule has 8 nitrogen and oxygen atoms in total. The Morgan fingerprint density at radius 2 is 1.75 bits per heavy atom. The highest BCUT2D eigenvalue weighted by molar-refractivity contribution is 5.78. The van der Waals surface area contributed by atoms with Gasteiger partial charge in [0.15, 0.2) is 22.7 Å². The van der Waals surface area contributed by atoms with Gasteiger partial charge in [0.25, 0.3) is 5.56 Å². The second kappa shape index (κ2) is 7.75. The molecular weight excluding hydrogens is 360 g/mol. The summed E-state index contributed by atoms with van der Waals surface area (Å²) in [5.74, 6) is 1.80. The molecule has 0 amide bonds. The standard InChI is InChI=1S/C20H24N4O4/c1-6-23-18-16(19(25)24(7-2)20(23)26)22(3)15(21-18)12-11-13-9-8-10-14(27-4)17(13)28-5/h8-12H,6-7H2,1-5H3. The predicted octanol–water partition coefficient (Wildman–Crippen LogP) is 2.12. The summed E-state index contributed by atoms with van der Waals surface area (Å²) in [4.78, 5) is 29.9. The largest absolute Gasteiger partial charge is 0.493 e. The third-order valence-electron chi connectivity index (χ3n) is 4.75. The van der Waals surface area contributed by atoms with Gasteiger partial charge in [-0.25, -0.2) is 9.78 Å². The number of aryl methyl sites for hydroxylation is 2. The smallest absolute Gasteiger partial charge is 0.332 e. The molecule has 3 aromatic rings. The van der Waals surface area contributed by atoms with E-state index in [4.69, 9.17) is 9.47 Å². The summed E-state index contributed by atoms with van der Waals surface area (Å²) < 4.78 is 15.2. The second-order valence-electron chi connectivity index (χ2n) is 6.19. The molecule has 0 N–H and O–H groups in total. The maximum atomic E-state index is 12.8. The highest BCUT2D eigenvalue weighted by Crippen LogP contribution is 2.31. The van der Waals surface area contributed by atoms with Gasteiger partial charge in [-0.05, 0) is 32.1 Å². The van der Waals surface area contributed by atoms with E-state index in [0.717, 1.165) is 5.56 Å². The van der Waals surface area contributed by atoms with Gasteiger partial charge in [-0.15, -0.1) is 0 Å². The monoisotopic (exact) mass is 384 g/mol. The first-order valence-electron chi connectivity index (χ1n) is 9.07. The van der Waals surface area contributed by atoms with Crippen LogP contribution in [0.15, 0.2) is 27.8 Å². The van der Waals surface area contributed by atoms with Crippen molar-refractivity contribution in [2.75, 3.05) is 14.2 Å². The minimum atomic E-state index is -0.342. The Hall–Kier alpha value is -3.29. The van der Waals surface area contributed by atoms with Gasteiger partial charge in [0.05, 0.1) is 14.2 Å². The molecule has 1 aromatic carbocycles. The third-order valence-corrected chi connectivity index (χ3v) is 4.75. The number of rotatable bonds is 6. The van der Waals surface area contributed by atoms with Gasteiger partial charge in [0.1, 0.15) is 5.82 Å². The topological polar surface area (TPSA) is 80.3 Å². The van der Waals surface area contributed by atoms with Gasteiger partial charge in [0, 0.05) is 25.7 Å². The van der Waals surface area contributed by atoms with Gasteiger partial charge >= 0.3 is 5.69 Å². The van der Waals surface area contributed by atoms with Crippen molar-refractivity contribution < 1.29 is 9.47 Å². The summed E-state index contributed by atoms with van der Waals surface area (Å²) in [6.07, 6.45) is 3.63. The number of methoxy groups -OCH3 is 2. The lowest BCUT2D eigenvalue weighted by atomic mass is 10.1. The maximum absolute atomic E-state index is 12.8. The van der Waals surface area contributed by atoms with Crippen LogP contribution < -0.4 is 20.7 Å². The van der Waals surface area contributed by atoms with Crippen LogP contribution in [0.4, 0.5) is 0 Å². The molecule has 0 fully saturated rings. The first kappa shape index (κ1) is 19.5. The van der Waals surface area contributed by atoms with Crippen molar-refractivity contribution in [2.24, 2.45) is 7.05 Å². The van der Waals surface area contributed by atoms with E-state index < -0.39 is 0 Å². The molecule has 0 aliphatic heterocycles. The normalized spacial score (nSPS) is 11.5. The number of benzene rings is 1. The number of ether oxygens (including phenoxy) is 2. The zero-order valence-electron chi connectivity index (χ0n) is 16.7. The fourth-order valence-corrected chi connectivity index (χ4v) is 3.30. The molecule has 28 heavy (non-hydrogen) atoms. The zero-order chi connectivity index (χ0) is 20.4. The summed E-state index contributed by atoms with van der Waals surface area (Å²) in [5, 5.41) is 0. The van der Waals surface area contributed by atoms with Crippen molar-refractivity contribution in [2.45, 2.75) is 26.9 Å². The summed E-state index contributed by atoms with van der Waals surface area (Å²) in [5.41, 5.74) is 0.932. The molecule has 0 bridgehead atoms. The molecule has 0 radical (unpaired) electrons. The van der Waals surface area contributed by atoms with Crippen molar-refractivity contribution in [1.29, 1.82) is 0 Å². The molecule has 0 aliphatic rings. The number of hydrogen-bond acceptors (Lipinski definition) is 5. The van der Waals surface area contributed by atoms with Gasteiger partial charge < -0.3 is 14.0 Å². The number of aromatic nitrogens is 4. The second-order valence-corrected chi connectivity index (χ2v) is 6.19. The van der Waals surface area contributed by atoms with Crippen LogP contribution in [0.1, 0.15) is 25.2 Å². The van der Waals surface area contributed by atoms with E-state index in [1.807, 2.05) is 31.2 Å². The molecule has 0 saturated heterocycles. The van der Waals surface area contributed by atoms with E-state index in [2.05, 4.69) is 4.98 Å². The zero-order valence-corrected chi connectivity index (χ0v) is 16.7. The van der Waals surface area contributed by atoms with Crippen LogP contribution in [0.25, 0.3) is 23.3 Å². The van der Waals surface area contributed by atoms with Crippen molar-refractivity contribution >= 4 is 23.3 Å². The minimum Gasteiger partial charge on any atom is -0.493 e. The van der Waals surface area contributed by atoms with Crippen LogP contribution in [0.3, 0.4) is 0 Å². The first-order valence-corrected chi connectivity index (χ1v) is 9.07. The van der Waals surface area contributed by atoms with Crippen LogP contribution in [0.2, 0.25) is 0 Å². The van der Waals surface area contributed by atoms with Crippen LogP contribution in [-0.4, -0.2) is 32.9 Å². The molecule has 0 saturated carbocycles. The maximum Gasteiger partial charge on any atom is 0.332 e. The lowest BCUT2D eigenvalue weighted by Gasteiger charge is -2.09. The van der Waals surface area contributed by atoms with Crippen LogP contribution in [0.5, 0.6) is 11.5 Å². The Kier molecular flexibility index (Phi) is 5.39. The number of fused-ring (bicyclic) bond motifs is 1. The molecule has 0 atom stereocenters. The van der Waals surface area contributed by atoms with Crippen molar-refractivity contribution in [1.82, 2.24) is 18.7 Å². The van der Waals surface area contributed by atoms with Gasteiger partial charge in [-0.1, -0.05) is 12.1 Å². The molecule has 0 spiro atoms. The fraction of sp³-hybridized carbons (Fsp3) is 0.350. The summed E-state index contributed by atoms with van der Waals surface area (Å²) in [7, 11) is 4.93. The summed E-state index contributed by atoms with van der Waals surface area (Å²) in [6.45, 7) is 4.38. The van der Waals surface area contributed by atoms with Crippen LogP contribution >= 0.6 is 0 Å². The minimum absolute atomic E-state index is 0.310. The van der Waals surface area contributed by atoms with E-state index in [0.29, 0.717) is 41.6 Å². The summed E-state index contributed by atoms with van der Waals surface area (Å²) in [6, 6.07) is 5.58. The molecule has 2 aromatic heterocycles. The molecule has 148 valence electrons.